The van der Waals surface area contributed by atoms with E-state index in [1.54, 1.807) is 30.3 Å². The van der Waals surface area contributed by atoms with Gasteiger partial charge in [0.05, 0.1) is 10.9 Å². The molecule has 0 saturated carbocycles. The van der Waals surface area contributed by atoms with Gasteiger partial charge < -0.3 is 14.6 Å². The minimum atomic E-state index is -0.154. The van der Waals surface area contributed by atoms with E-state index in [-0.39, 0.29) is 16.9 Å². The fourth-order valence-electron chi connectivity index (χ4n) is 2.59. The standard InChI is InChI=1S/C20H18O4/c1-12(2)3-10-17-19(13-4-6-14(21)7-5-13)20(23)16-9-8-15(22)11-18(16)24-17/h3-9,11,21-22H,10H2,1-2H3. The first-order valence-electron chi connectivity index (χ1n) is 7.67. The fraction of sp³-hybridized carbons (Fsp3) is 0.150. The molecule has 0 radical (unpaired) electrons. The Morgan fingerprint density at radius 1 is 1.04 bits per heavy atom. The minimum Gasteiger partial charge on any atom is -0.508 e. The molecule has 2 N–H and O–H groups in total. The third-order valence-electron chi connectivity index (χ3n) is 3.80. The summed E-state index contributed by atoms with van der Waals surface area (Å²) in [6.45, 7) is 3.95. The normalized spacial score (nSPS) is 10.8. The summed E-state index contributed by atoms with van der Waals surface area (Å²) in [5.74, 6) is 0.723. The Morgan fingerprint density at radius 2 is 1.71 bits per heavy atom. The minimum absolute atomic E-state index is 0.0520. The third kappa shape index (κ3) is 3.04. The third-order valence-corrected chi connectivity index (χ3v) is 3.80. The number of allylic oxidation sites excluding steroid dienone is 2. The highest BCUT2D eigenvalue weighted by Gasteiger charge is 2.16. The van der Waals surface area contributed by atoms with Crippen molar-refractivity contribution in [3.8, 4) is 22.6 Å². The van der Waals surface area contributed by atoms with E-state index in [1.165, 1.54) is 12.1 Å². The molecule has 0 spiro atoms. The molecule has 2 aromatic carbocycles. The van der Waals surface area contributed by atoms with E-state index >= 15 is 0 Å². The van der Waals surface area contributed by atoms with Gasteiger partial charge in [-0.2, -0.15) is 0 Å². The molecule has 4 nitrogen and oxygen atoms in total. The van der Waals surface area contributed by atoms with Crippen LogP contribution in [0.25, 0.3) is 22.1 Å². The number of phenolic OH excluding ortho intramolecular Hbond substituents is 2. The van der Waals surface area contributed by atoms with Crippen molar-refractivity contribution < 1.29 is 14.6 Å². The second-order valence-electron chi connectivity index (χ2n) is 5.94. The van der Waals surface area contributed by atoms with E-state index in [0.29, 0.717) is 34.3 Å². The molecule has 0 aliphatic heterocycles. The second kappa shape index (κ2) is 6.24. The first kappa shape index (κ1) is 15.9. The lowest BCUT2D eigenvalue weighted by Crippen LogP contribution is -2.09. The van der Waals surface area contributed by atoms with Gasteiger partial charge in [0, 0.05) is 12.5 Å². The molecule has 122 valence electrons. The van der Waals surface area contributed by atoms with Crippen LogP contribution in [0.1, 0.15) is 19.6 Å². The fourth-order valence-corrected chi connectivity index (χ4v) is 2.59. The molecule has 0 unspecified atom stereocenters. The van der Waals surface area contributed by atoms with Gasteiger partial charge in [-0.15, -0.1) is 0 Å². The molecule has 0 atom stereocenters. The summed E-state index contributed by atoms with van der Waals surface area (Å²) in [7, 11) is 0. The molecule has 3 aromatic rings. The van der Waals surface area contributed by atoms with Gasteiger partial charge in [0.2, 0.25) is 5.43 Å². The van der Waals surface area contributed by atoms with Gasteiger partial charge >= 0.3 is 0 Å². The summed E-state index contributed by atoms with van der Waals surface area (Å²) in [5, 5.41) is 19.5. The van der Waals surface area contributed by atoms with Crippen LogP contribution in [0.3, 0.4) is 0 Å². The summed E-state index contributed by atoms with van der Waals surface area (Å²) in [4.78, 5) is 13.0. The van der Waals surface area contributed by atoms with Crippen LogP contribution in [0.4, 0.5) is 0 Å². The lowest BCUT2D eigenvalue weighted by Gasteiger charge is -2.10. The SMILES string of the molecule is CC(C)=CCc1oc2cc(O)ccc2c(=O)c1-c1ccc(O)cc1. The predicted octanol–water partition coefficient (Wildman–Crippen LogP) is 4.38. The molecule has 3 rings (SSSR count). The monoisotopic (exact) mass is 322 g/mol. The highest BCUT2D eigenvalue weighted by Crippen LogP contribution is 2.28. The van der Waals surface area contributed by atoms with Gasteiger partial charge in [-0.05, 0) is 43.7 Å². The first-order chi connectivity index (χ1) is 11.5. The van der Waals surface area contributed by atoms with Gasteiger partial charge in [-0.1, -0.05) is 23.8 Å². The Hall–Kier alpha value is -3.01. The molecule has 0 fully saturated rings. The van der Waals surface area contributed by atoms with Crippen LogP contribution in [-0.4, -0.2) is 10.2 Å². The van der Waals surface area contributed by atoms with Gasteiger partial charge in [0.15, 0.2) is 0 Å². The van der Waals surface area contributed by atoms with Crippen LogP contribution in [0.15, 0.2) is 63.3 Å². The number of rotatable bonds is 3. The molecule has 0 aliphatic carbocycles. The van der Waals surface area contributed by atoms with Gasteiger partial charge in [0.1, 0.15) is 22.8 Å². The van der Waals surface area contributed by atoms with E-state index in [0.717, 1.165) is 5.57 Å². The Labute approximate surface area is 139 Å². The van der Waals surface area contributed by atoms with Crippen molar-refractivity contribution in [1.29, 1.82) is 0 Å². The largest absolute Gasteiger partial charge is 0.508 e. The summed E-state index contributed by atoms with van der Waals surface area (Å²) in [6, 6.07) is 10.9. The van der Waals surface area contributed by atoms with Gasteiger partial charge in [-0.3, -0.25) is 4.79 Å². The Kier molecular flexibility index (Phi) is 4.13. The Balaban J connectivity index is 2.31. The summed E-state index contributed by atoms with van der Waals surface area (Å²) < 4.78 is 5.92. The lowest BCUT2D eigenvalue weighted by atomic mass is 10.00. The van der Waals surface area contributed by atoms with Crippen molar-refractivity contribution in [1.82, 2.24) is 0 Å². The molecule has 1 heterocycles. The first-order valence-corrected chi connectivity index (χ1v) is 7.67. The lowest BCUT2D eigenvalue weighted by molar-refractivity contribution is 0.472. The predicted molar refractivity (Wildman–Crippen MR) is 94.4 cm³/mol. The van der Waals surface area contributed by atoms with Crippen LogP contribution in [0.5, 0.6) is 11.5 Å². The average molecular weight is 322 g/mol. The summed E-state index contributed by atoms with van der Waals surface area (Å²) in [6.07, 6.45) is 2.45. The van der Waals surface area contributed by atoms with E-state index in [9.17, 15) is 15.0 Å². The zero-order chi connectivity index (χ0) is 17.3. The number of phenols is 2. The quantitative estimate of drug-likeness (QED) is 0.702. The maximum absolute atomic E-state index is 13.0. The Bertz CT molecular complexity index is 975. The highest BCUT2D eigenvalue weighted by molar-refractivity contribution is 5.84. The van der Waals surface area contributed by atoms with E-state index in [4.69, 9.17) is 4.42 Å². The van der Waals surface area contributed by atoms with E-state index < -0.39 is 0 Å². The molecule has 1 aromatic heterocycles. The van der Waals surface area contributed by atoms with Crippen LogP contribution < -0.4 is 5.43 Å². The second-order valence-corrected chi connectivity index (χ2v) is 5.94. The van der Waals surface area contributed by atoms with E-state index in [1.807, 2.05) is 19.9 Å². The van der Waals surface area contributed by atoms with Crippen LogP contribution in [0.2, 0.25) is 0 Å². The highest BCUT2D eigenvalue weighted by atomic mass is 16.3. The van der Waals surface area contributed by atoms with Crippen molar-refractivity contribution in [3.05, 3.63) is 70.1 Å². The molecule has 0 amide bonds. The van der Waals surface area contributed by atoms with Gasteiger partial charge in [0.25, 0.3) is 0 Å². The molecular formula is C20H18O4. The molecule has 24 heavy (non-hydrogen) atoms. The van der Waals surface area contributed by atoms with Crippen LogP contribution >= 0.6 is 0 Å². The van der Waals surface area contributed by atoms with Crippen LogP contribution in [0, 0.1) is 0 Å². The Morgan fingerprint density at radius 3 is 2.38 bits per heavy atom. The van der Waals surface area contributed by atoms with Crippen molar-refractivity contribution in [2.75, 3.05) is 0 Å². The maximum Gasteiger partial charge on any atom is 0.200 e. The number of aromatic hydroxyl groups is 2. The van der Waals surface area contributed by atoms with Crippen molar-refractivity contribution in [2.24, 2.45) is 0 Å². The number of hydrogen-bond acceptors (Lipinski definition) is 4. The zero-order valence-electron chi connectivity index (χ0n) is 13.5. The number of fused-ring (bicyclic) bond motifs is 1. The van der Waals surface area contributed by atoms with Gasteiger partial charge in [-0.25, -0.2) is 0 Å². The number of hydrogen-bond donors (Lipinski definition) is 2. The van der Waals surface area contributed by atoms with Crippen LogP contribution in [-0.2, 0) is 6.42 Å². The average Bonchev–Trinajstić information content (AvgIpc) is 2.54. The number of benzene rings is 2. The molecule has 4 heteroatoms. The van der Waals surface area contributed by atoms with Crippen molar-refractivity contribution in [2.45, 2.75) is 20.3 Å². The van der Waals surface area contributed by atoms with Crippen molar-refractivity contribution >= 4 is 11.0 Å². The maximum atomic E-state index is 13.0. The zero-order valence-corrected chi connectivity index (χ0v) is 13.5. The van der Waals surface area contributed by atoms with E-state index in [2.05, 4.69) is 0 Å². The topological polar surface area (TPSA) is 70.7 Å². The molecular weight excluding hydrogens is 304 g/mol. The molecule has 0 bridgehead atoms. The summed E-state index contributed by atoms with van der Waals surface area (Å²) in [5.41, 5.74) is 2.49. The molecule has 0 saturated heterocycles. The smallest absolute Gasteiger partial charge is 0.200 e. The molecule has 0 aliphatic rings. The summed E-state index contributed by atoms with van der Waals surface area (Å²) >= 11 is 0. The van der Waals surface area contributed by atoms with Crippen molar-refractivity contribution in [3.63, 3.8) is 0 Å².